The van der Waals surface area contributed by atoms with E-state index in [-0.39, 0.29) is 12.5 Å². The van der Waals surface area contributed by atoms with E-state index in [0.29, 0.717) is 17.1 Å². The largest absolute Gasteiger partial charge is 0.474 e. The van der Waals surface area contributed by atoms with Crippen LogP contribution in [0.15, 0.2) is 48.5 Å². The van der Waals surface area contributed by atoms with Crippen molar-refractivity contribution in [3.05, 3.63) is 54.1 Å². The predicted molar refractivity (Wildman–Crippen MR) is 86.1 cm³/mol. The fourth-order valence-electron chi connectivity index (χ4n) is 2.58. The summed E-state index contributed by atoms with van der Waals surface area (Å²) in [6, 6.07) is 14.2. The van der Waals surface area contributed by atoms with Gasteiger partial charge in [0.1, 0.15) is 5.75 Å². The molecule has 0 saturated carbocycles. The van der Waals surface area contributed by atoms with E-state index in [2.05, 4.69) is 0 Å². The Morgan fingerprint density at radius 1 is 1.22 bits per heavy atom. The monoisotopic (exact) mass is 314 g/mol. The number of ether oxygens (including phenoxy) is 1. The summed E-state index contributed by atoms with van der Waals surface area (Å²) >= 11 is 0. The van der Waals surface area contributed by atoms with Crippen LogP contribution < -0.4 is 15.4 Å². The van der Waals surface area contributed by atoms with Gasteiger partial charge in [-0.15, -0.1) is 0 Å². The minimum Gasteiger partial charge on any atom is -0.474 e. The van der Waals surface area contributed by atoms with E-state index < -0.39 is 18.8 Å². The molecule has 4 N–H and O–H groups in total. The van der Waals surface area contributed by atoms with Crippen LogP contribution in [0, 0.1) is 0 Å². The third kappa shape index (κ3) is 2.99. The number of β-amino-alcohol motifs (C(OH)–C–C–N with tert-alkyl or cyclic N) is 1. The molecule has 1 heterocycles. The maximum absolute atomic E-state index is 12.8. The van der Waals surface area contributed by atoms with Gasteiger partial charge >= 0.3 is 0 Å². The molecular formula is C17H18N2O4. The van der Waals surface area contributed by atoms with Gasteiger partial charge in [-0.2, -0.15) is 0 Å². The van der Waals surface area contributed by atoms with Crippen LogP contribution in [-0.2, 0) is 4.79 Å². The topological polar surface area (TPSA) is 96.0 Å². The van der Waals surface area contributed by atoms with Gasteiger partial charge in [-0.3, -0.25) is 4.79 Å². The van der Waals surface area contributed by atoms with E-state index in [1.807, 2.05) is 30.3 Å². The first-order valence-corrected chi connectivity index (χ1v) is 7.31. The molecule has 0 aliphatic carbocycles. The van der Waals surface area contributed by atoms with Crippen LogP contribution >= 0.6 is 0 Å². The van der Waals surface area contributed by atoms with Crippen molar-refractivity contribution in [3.8, 4) is 5.75 Å². The molecule has 1 amide bonds. The Kier molecular flexibility index (Phi) is 4.18. The SMILES string of the molecule is Nc1ccc2c(c1)N(CC(O)CO)C(=O)C(c1ccccc1)O2. The van der Waals surface area contributed by atoms with Gasteiger partial charge in [0.05, 0.1) is 24.9 Å². The van der Waals surface area contributed by atoms with Crippen molar-refractivity contribution in [1.29, 1.82) is 0 Å². The number of nitrogens with zero attached hydrogens (tertiary/aromatic N) is 1. The Labute approximate surface area is 133 Å². The molecule has 2 atom stereocenters. The zero-order valence-corrected chi connectivity index (χ0v) is 12.4. The van der Waals surface area contributed by atoms with Gasteiger partial charge in [0, 0.05) is 11.3 Å². The van der Waals surface area contributed by atoms with E-state index >= 15 is 0 Å². The number of anilines is 2. The Morgan fingerprint density at radius 2 is 1.96 bits per heavy atom. The molecule has 0 spiro atoms. The molecule has 1 aliphatic rings. The van der Waals surface area contributed by atoms with Crippen LogP contribution in [0.2, 0.25) is 0 Å². The predicted octanol–water partition coefficient (Wildman–Crippen LogP) is 1.09. The molecule has 2 unspecified atom stereocenters. The molecule has 0 fully saturated rings. The number of hydrogen-bond donors (Lipinski definition) is 3. The number of rotatable bonds is 4. The highest BCUT2D eigenvalue weighted by molar-refractivity contribution is 6.01. The fraction of sp³-hybridized carbons (Fsp3) is 0.235. The number of nitrogens with two attached hydrogens (primary N) is 1. The summed E-state index contributed by atoms with van der Waals surface area (Å²) in [6.45, 7) is -0.462. The molecule has 2 aromatic rings. The molecule has 0 aromatic heterocycles. The van der Waals surface area contributed by atoms with Gasteiger partial charge in [0.25, 0.3) is 5.91 Å². The van der Waals surface area contributed by atoms with E-state index in [9.17, 15) is 9.90 Å². The van der Waals surface area contributed by atoms with Gasteiger partial charge < -0.3 is 25.6 Å². The number of nitrogen functional groups attached to an aromatic ring is 1. The first kappa shape index (κ1) is 15.3. The maximum Gasteiger partial charge on any atom is 0.272 e. The number of amides is 1. The molecular weight excluding hydrogens is 296 g/mol. The van der Waals surface area contributed by atoms with Crippen molar-refractivity contribution < 1.29 is 19.7 Å². The van der Waals surface area contributed by atoms with E-state index in [1.165, 1.54) is 4.90 Å². The fourth-order valence-corrected chi connectivity index (χ4v) is 2.58. The van der Waals surface area contributed by atoms with Crippen molar-refractivity contribution in [2.24, 2.45) is 0 Å². The summed E-state index contributed by atoms with van der Waals surface area (Å²) in [5, 5.41) is 18.9. The lowest BCUT2D eigenvalue weighted by Gasteiger charge is -2.35. The molecule has 0 bridgehead atoms. The highest BCUT2D eigenvalue weighted by Gasteiger charge is 2.36. The molecule has 120 valence electrons. The number of aliphatic hydroxyl groups is 2. The van der Waals surface area contributed by atoms with Crippen LogP contribution in [0.5, 0.6) is 5.75 Å². The average molecular weight is 314 g/mol. The normalized spacial score (nSPS) is 18.3. The molecule has 6 nitrogen and oxygen atoms in total. The lowest BCUT2D eigenvalue weighted by molar-refractivity contribution is -0.127. The van der Waals surface area contributed by atoms with Gasteiger partial charge in [0.15, 0.2) is 0 Å². The molecule has 0 radical (unpaired) electrons. The lowest BCUT2D eigenvalue weighted by Crippen LogP contribution is -2.45. The number of aliphatic hydroxyl groups excluding tert-OH is 2. The second-order valence-electron chi connectivity index (χ2n) is 5.42. The second kappa shape index (κ2) is 6.28. The van der Waals surface area contributed by atoms with Crippen LogP contribution in [0.4, 0.5) is 11.4 Å². The molecule has 0 saturated heterocycles. The van der Waals surface area contributed by atoms with Crippen LogP contribution in [0.1, 0.15) is 11.7 Å². The van der Waals surface area contributed by atoms with Crippen LogP contribution in [0.25, 0.3) is 0 Å². The van der Waals surface area contributed by atoms with E-state index in [4.69, 9.17) is 15.6 Å². The van der Waals surface area contributed by atoms with Gasteiger partial charge in [-0.05, 0) is 18.2 Å². The summed E-state index contributed by atoms with van der Waals surface area (Å²) in [5.41, 5.74) is 7.50. The third-order valence-corrected chi connectivity index (χ3v) is 3.72. The van der Waals surface area contributed by atoms with Gasteiger partial charge in [0.2, 0.25) is 6.10 Å². The van der Waals surface area contributed by atoms with Crippen molar-refractivity contribution >= 4 is 17.3 Å². The van der Waals surface area contributed by atoms with Crippen LogP contribution in [0.3, 0.4) is 0 Å². The summed E-state index contributed by atoms with van der Waals surface area (Å²) in [4.78, 5) is 14.2. The van der Waals surface area contributed by atoms with Crippen molar-refractivity contribution in [2.45, 2.75) is 12.2 Å². The van der Waals surface area contributed by atoms with E-state index in [0.717, 1.165) is 5.56 Å². The van der Waals surface area contributed by atoms with E-state index in [1.54, 1.807) is 18.2 Å². The zero-order valence-electron chi connectivity index (χ0n) is 12.4. The zero-order chi connectivity index (χ0) is 16.4. The minimum atomic E-state index is -1.04. The van der Waals surface area contributed by atoms with Crippen molar-refractivity contribution in [3.63, 3.8) is 0 Å². The van der Waals surface area contributed by atoms with Gasteiger partial charge in [-0.25, -0.2) is 0 Å². The highest BCUT2D eigenvalue weighted by atomic mass is 16.5. The molecule has 6 heteroatoms. The Morgan fingerprint density at radius 3 is 2.65 bits per heavy atom. The number of hydrogen-bond acceptors (Lipinski definition) is 5. The Hall–Kier alpha value is -2.57. The first-order chi connectivity index (χ1) is 11.1. The number of benzene rings is 2. The van der Waals surface area contributed by atoms with Gasteiger partial charge in [-0.1, -0.05) is 30.3 Å². The summed E-state index contributed by atoms with van der Waals surface area (Å²) in [5.74, 6) is 0.208. The smallest absolute Gasteiger partial charge is 0.272 e. The highest BCUT2D eigenvalue weighted by Crippen LogP contribution is 2.40. The van der Waals surface area contributed by atoms with Crippen molar-refractivity contribution in [2.75, 3.05) is 23.8 Å². The molecule has 3 rings (SSSR count). The number of carbonyl (C=O) groups excluding carboxylic acids is 1. The van der Waals surface area contributed by atoms with Crippen LogP contribution in [-0.4, -0.2) is 35.4 Å². The summed E-state index contributed by atoms with van der Waals surface area (Å²) in [6.07, 6.45) is -1.83. The lowest BCUT2D eigenvalue weighted by atomic mass is 10.0. The first-order valence-electron chi connectivity index (χ1n) is 7.31. The average Bonchev–Trinajstić information content (AvgIpc) is 2.58. The third-order valence-electron chi connectivity index (χ3n) is 3.72. The summed E-state index contributed by atoms with van der Waals surface area (Å²) < 4.78 is 5.84. The summed E-state index contributed by atoms with van der Waals surface area (Å²) in [7, 11) is 0. The minimum absolute atomic E-state index is 0.0293. The molecule has 1 aliphatic heterocycles. The molecule has 2 aromatic carbocycles. The molecule has 23 heavy (non-hydrogen) atoms. The standard InChI is InChI=1S/C17H18N2O4/c18-12-6-7-15-14(8-12)19(9-13(21)10-20)17(22)16(23-15)11-4-2-1-3-5-11/h1-8,13,16,20-21H,9-10,18H2. The quantitative estimate of drug-likeness (QED) is 0.734. The second-order valence-corrected chi connectivity index (χ2v) is 5.42. The Bertz CT molecular complexity index is 705. The number of fused-ring (bicyclic) bond motifs is 1. The maximum atomic E-state index is 12.8. The van der Waals surface area contributed by atoms with Crippen molar-refractivity contribution in [1.82, 2.24) is 0 Å². The Balaban J connectivity index is 2.02. The number of carbonyl (C=O) groups is 1.